The Morgan fingerprint density at radius 3 is 2.57 bits per heavy atom. The summed E-state index contributed by atoms with van der Waals surface area (Å²) in [7, 11) is -2.49. The maximum atomic E-state index is 14.1. The Balaban J connectivity index is 1.93. The third-order valence-electron chi connectivity index (χ3n) is 5.59. The average Bonchev–Trinajstić information content (AvgIpc) is 2.73. The first-order valence-corrected chi connectivity index (χ1v) is 11.6. The molecule has 0 radical (unpaired) electrons. The average molecular weight is 449 g/mol. The lowest BCUT2D eigenvalue weighted by atomic mass is 9.98. The number of hydrogen-bond donors (Lipinski definition) is 0. The van der Waals surface area contributed by atoms with Gasteiger partial charge in [0.1, 0.15) is 16.5 Å². The van der Waals surface area contributed by atoms with E-state index in [1.807, 2.05) is 4.90 Å². The van der Waals surface area contributed by atoms with Crippen molar-refractivity contribution in [1.29, 1.82) is 0 Å². The number of halogens is 2. The molecule has 0 saturated carbocycles. The molecular formula is C22H22ClFN2O3S. The second kappa shape index (κ2) is 8.04. The van der Waals surface area contributed by atoms with Gasteiger partial charge in [-0.2, -0.15) is 0 Å². The van der Waals surface area contributed by atoms with Crippen molar-refractivity contribution < 1.29 is 17.5 Å². The first kappa shape index (κ1) is 20.9. The molecule has 158 valence electrons. The van der Waals surface area contributed by atoms with Crippen molar-refractivity contribution in [2.75, 3.05) is 25.1 Å². The molecule has 0 amide bonds. The molecule has 0 N–H and O–H groups in total. The highest BCUT2D eigenvalue weighted by molar-refractivity contribution is 7.91. The molecule has 0 spiro atoms. The van der Waals surface area contributed by atoms with E-state index >= 15 is 0 Å². The number of piperidine rings is 1. The summed E-state index contributed by atoms with van der Waals surface area (Å²) in [5.74, 6) is 0.518. The summed E-state index contributed by atoms with van der Waals surface area (Å²) < 4.78 is 46.4. The number of anilines is 1. The van der Waals surface area contributed by atoms with Crippen molar-refractivity contribution in [2.24, 2.45) is 5.92 Å². The maximum absolute atomic E-state index is 14.1. The molecule has 1 fully saturated rings. The van der Waals surface area contributed by atoms with Gasteiger partial charge in [-0.3, -0.25) is 4.98 Å². The van der Waals surface area contributed by atoms with Crippen LogP contribution in [0.3, 0.4) is 0 Å². The summed E-state index contributed by atoms with van der Waals surface area (Å²) in [5, 5.41) is 0.692. The van der Waals surface area contributed by atoms with E-state index in [4.69, 9.17) is 16.3 Å². The van der Waals surface area contributed by atoms with E-state index < -0.39 is 15.7 Å². The zero-order valence-electron chi connectivity index (χ0n) is 16.7. The first-order valence-electron chi connectivity index (χ1n) is 9.73. The van der Waals surface area contributed by atoms with E-state index in [-0.39, 0.29) is 14.8 Å². The van der Waals surface area contributed by atoms with Crippen LogP contribution in [0.5, 0.6) is 5.75 Å². The zero-order chi connectivity index (χ0) is 21.5. The van der Waals surface area contributed by atoms with E-state index in [0.29, 0.717) is 41.3 Å². The fourth-order valence-electron chi connectivity index (χ4n) is 3.83. The molecule has 5 nitrogen and oxygen atoms in total. The van der Waals surface area contributed by atoms with Crippen molar-refractivity contribution in [3.05, 3.63) is 53.4 Å². The van der Waals surface area contributed by atoms with Crippen LogP contribution in [-0.4, -0.2) is 33.6 Å². The lowest BCUT2D eigenvalue weighted by molar-refractivity contribution is 0.414. The standard InChI is InChI=1S/C22H22ClFN2O3S/c1-14-7-9-26(10-8-14)22-17-11-15(24)3-5-19(17)25-13-21(22)30(27,28)16-4-6-20(29-2)18(23)12-16/h3-6,11-14H,7-10H2,1-2H3. The van der Waals surface area contributed by atoms with Gasteiger partial charge in [0.2, 0.25) is 9.84 Å². The number of benzene rings is 2. The fraction of sp³-hybridized carbons (Fsp3) is 0.318. The van der Waals surface area contributed by atoms with Gasteiger partial charge in [-0.25, -0.2) is 12.8 Å². The smallest absolute Gasteiger partial charge is 0.210 e. The van der Waals surface area contributed by atoms with Crippen molar-refractivity contribution in [3.63, 3.8) is 0 Å². The Morgan fingerprint density at radius 1 is 1.17 bits per heavy atom. The van der Waals surface area contributed by atoms with Gasteiger partial charge in [0, 0.05) is 24.7 Å². The van der Waals surface area contributed by atoms with E-state index in [2.05, 4.69) is 11.9 Å². The summed E-state index contributed by atoms with van der Waals surface area (Å²) in [4.78, 5) is 6.43. The van der Waals surface area contributed by atoms with Crippen LogP contribution in [0.1, 0.15) is 19.8 Å². The Labute approximate surface area is 180 Å². The van der Waals surface area contributed by atoms with Crippen molar-refractivity contribution >= 4 is 38.0 Å². The molecule has 0 aliphatic carbocycles. The zero-order valence-corrected chi connectivity index (χ0v) is 18.3. The van der Waals surface area contributed by atoms with Crippen molar-refractivity contribution in [2.45, 2.75) is 29.6 Å². The molecule has 1 saturated heterocycles. The van der Waals surface area contributed by atoms with Crippen molar-refractivity contribution in [3.8, 4) is 5.75 Å². The van der Waals surface area contributed by atoms with Gasteiger partial charge in [0.05, 0.1) is 28.2 Å². The van der Waals surface area contributed by atoms with Crippen LogP contribution in [-0.2, 0) is 9.84 Å². The molecule has 0 unspecified atom stereocenters. The highest BCUT2D eigenvalue weighted by Gasteiger charge is 2.29. The molecule has 1 aliphatic heterocycles. The number of rotatable bonds is 4. The summed E-state index contributed by atoms with van der Waals surface area (Å²) in [6, 6.07) is 8.60. The summed E-state index contributed by atoms with van der Waals surface area (Å²) in [6.45, 7) is 3.57. The van der Waals surface area contributed by atoms with Crippen LogP contribution in [0, 0.1) is 11.7 Å². The number of methoxy groups -OCH3 is 1. The van der Waals surface area contributed by atoms with Gasteiger partial charge in [-0.05, 0) is 55.2 Å². The summed E-state index contributed by atoms with van der Waals surface area (Å²) >= 11 is 6.18. The molecule has 8 heteroatoms. The van der Waals surface area contributed by atoms with Crippen molar-refractivity contribution in [1.82, 2.24) is 4.98 Å². The lowest BCUT2D eigenvalue weighted by Gasteiger charge is -2.34. The molecule has 2 aromatic carbocycles. The minimum Gasteiger partial charge on any atom is -0.495 e. The first-order chi connectivity index (χ1) is 14.3. The Morgan fingerprint density at radius 2 is 1.90 bits per heavy atom. The Kier molecular flexibility index (Phi) is 5.59. The molecule has 1 aromatic heterocycles. The van der Waals surface area contributed by atoms with E-state index in [1.54, 1.807) is 6.07 Å². The predicted molar refractivity (Wildman–Crippen MR) is 116 cm³/mol. The number of sulfone groups is 1. The van der Waals surface area contributed by atoms with Gasteiger partial charge < -0.3 is 9.64 Å². The molecule has 0 atom stereocenters. The minimum absolute atomic E-state index is 0.0393. The molecule has 4 rings (SSSR count). The highest BCUT2D eigenvalue weighted by Crippen LogP contribution is 2.39. The number of ether oxygens (including phenoxy) is 1. The fourth-order valence-corrected chi connectivity index (χ4v) is 5.61. The molecule has 3 aromatic rings. The van der Waals surface area contributed by atoms with Crippen LogP contribution in [0.15, 0.2) is 52.4 Å². The number of aromatic nitrogens is 1. The largest absolute Gasteiger partial charge is 0.495 e. The molecule has 30 heavy (non-hydrogen) atoms. The van der Waals surface area contributed by atoms with Crippen LogP contribution >= 0.6 is 11.6 Å². The van der Waals surface area contributed by atoms with Crippen LogP contribution in [0.2, 0.25) is 5.02 Å². The SMILES string of the molecule is COc1ccc(S(=O)(=O)c2cnc3ccc(F)cc3c2N2CCC(C)CC2)cc1Cl. The Hall–Kier alpha value is -2.38. The number of nitrogens with zero attached hydrogens (tertiary/aromatic N) is 2. The number of hydrogen-bond acceptors (Lipinski definition) is 5. The second-order valence-electron chi connectivity index (χ2n) is 7.60. The van der Waals surface area contributed by atoms with Gasteiger partial charge in [-0.1, -0.05) is 18.5 Å². The normalized spacial score (nSPS) is 15.5. The maximum Gasteiger partial charge on any atom is 0.210 e. The number of pyridine rings is 1. The summed E-state index contributed by atoms with van der Waals surface area (Å²) in [6.07, 6.45) is 3.24. The minimum atomic E-state index is -3.95. The van der Waals surface area contributed by atoms with E-state index in [0.717, 1.165) is 12.8 Å². The highest BCUT2D eigenvalue weighted by atomic mass is 35.5. The van der Waals surface area contributed by atoms with E-state index in [1.165, 1.54) is 43.6 Å². The Bertz CT molecular complexity index is 1210. The van der Waals surface area contributed by atoms with Crippen LogP contribution < -0.4 is 9.64 Å². The monoisotopic (exact) mass is 448 g/mol. The molecule has 0 bridgehead atoms. The lowest BCUT2D eigenvalue weighted by Crippen LogP contribution is -2.34. The van der Waals surface area contributed by atoms with Crippen LogP contribution in [0.25, 0.3) is 10.9 Å². The molecule has 1 aliphatic rings. The second-order valence-corrected chi connectivity index (χ2v) is 9.93. The third kappa shape index (κ3) is 3.72. The van der Waals surface area contributed by atoms with E-state index in [9.17, 15) is 12.8 Å². The predicted octanol–water partition coefficient (Wildman–Crippen LogP) is 5.11. The van der Waals surface area contributed by atoms with Crippen LogP contribution in [0.4, 0.5) is 10.1 Å². The molecule has 2 heterocycles. The third-order valence-corrected chi connectivity index (χ3v) is 7.64. The van der Waals surface area contributed by atoms with Gasteiger partial charge in [0.25, 0.3) is 0 Å². The number of fused-ring (bicyclic) bond motifs is 1. The topological polar surface area (TPSA) is 59.5 Å². The van der Waals surface area contributed by atoms with Gasteiger partial charge >= 0.3 is 0 Å². The van der Waals surface area contributed by atoms with Gasteiger partial charge in [-0.15, -0.1) is 0 Å². The molecular weight excluding hydrogens is 427 g/mol. The quantitative estimate of drug-likeness (QED) is 0.555. The summed E-state index contributed by atoms with van der Waals surface area (Å²) in [5.41, 5.74) is 1.05. The van der Waals surface area contributed by atoms with Gasteiger partial charge in [0.15, 0.2) is 0 Å².